The van der Waals surface area contributed by atoms with Crippen LogP contribution in [0.4, 0.5) is 4.79 Å². The van der Waals surface area contributed by atoms with Crippen molar-refractivity contribution in [3.8, 4) is 0 Å². The SMILES string of the molecule is Cl.[2H]C([2H])([2H])OC1(C)CCCCC1.[2H]C([2H])([2H])OC1(C)CCN(C(=O)OC(C)(C)C)CC1. The van der Waals surface area contributed by atoms with Crippen molar-refractivity contribution in [2.75, 3.05) is 27.2 Å². The second-order valence-corrected chi connectivity index (χ2v) is 8.63. The molecule has 1 heterocycles. The molecule has 5 nitrogen and oxygen atoms in total. The van der Waals surface area contributed by atoms with E-state index in [1.165, 1.54) is 6.42 Å². The lowest BCUT2D eigenvalue weighted by molar-refractivity contribution is -0.0479. The van der Waals surface area contributed by atoms with Gasteiger partial charge in [-0.15, -0.1) is 12.4 Å². The van der Waals surface area contributed by atoms with E-state index >= 15 is 0 Å². The van der Waals surface area contributed by atoms with Gasteiger partial charge < -0.3 is 19.1 Å². The van der Waals surface area contributed by atoms with Gasteiger partial charge in [0, 0.05) is 27.2 Å². The highest BCUT2D eigenvalue weighted by Crippen LogP contribution is 2.30. The minimum Gasteiger partial charge on any atom is -0.444 e. The molecule has 0 atom stereocenters. The van der Waals surface area contributed by atoms with E-state index < -0.39 is 30.9 Å². The maximum atomic E-state index is 11.9. The van der Waals surface area contributed by atoms with Crippen molar-refractivity contribution >= 4 is 18.5 Å². The molecule has 156 valence electrons. The normalized spacial score (nSPS) is 26.1. The first kappa shape index (κ1) is 16.4. The number of amides is 1. The zero-order valence-electron chi connectivity index (χ0n) is 22.9. The van der Waals surface area contributed by atoms with Gasteiger partial charge in [-0.3, -0.25) is 0 Å². The summed E-state index contributed by atoms with van der Waals surface area (Å²) >= 11 is 0. The van der Waals surface area contributed by atoms with Gasteiger partial charge in [0.1, 0.15) is 5.60 Å². The number of piperidine rings is 1. The first-order chi connectivity index (χ1) is 13.8. The van der Waals surface area contributed by atoms with Crippen LogP contribution in [0.3, 0.4) is 0 Å². The molecule has 0 bridgehead atoms. The van der Waals surface area contributed by atoms with E-state index in [2.05, 4.69) is 0 Å². The Kier molecular flexibility index (Phi) is 6.78. The number of rotatable bonds is 2. The smallest absolute Gasteiger partial charge is 0.410 e. The van der Waals surface area contributed by atoms with Crippen LogP contribution in [0, 0.1) is 0 Å². The number of hydrogen-bond acceptors (Lipinski definition) is 4. The molecule has 1 aliphatic heterocycles. The van der Waals surface area contributed by atoms with Crippen LogP contribution in [0.2, 0.25) is 0 Å². The van der Waals surface area contributed by atoms with E-state index in [0.29, 0.717) is 25.9 Å². The minimum atomic E-state index is -2.40. The van der Waals surface area contributed by atoms with Gasteiger partial charge in [-0.05, 0) is 60.3 Å². The van der Waals surface area contributed by atoms with E-state index in [1.807, 2.05) is 27.7 Å². The molecular formula is C20H40ClNO4. The predicted octanol–water partition coefficient (Wildman–Crippen LogP) is 5.20. The number of likely N-dealkylation sites (tertiary alicyclic amines) is 1. The lowest BCUT2D eigenvalue weighted by Gasteiger charge is -2.38. The van der Waals surface area contributed by atoms with Gasteiger partial charge in [-0.1, -0.05) is 19.3 Å². The van der Waals surface area contributed by atoms with Gasteiger partial charge in [-0.2, -0.15) is 0 Å². The molecule has 1 aliphatic carbocycles. The Morgan fingerprint density at radius 2 is 1.38 bits per heavy atom. The quantitative estimate of drug-likeness (QED) is 0.640. The summed E-state index contributed by atoms with van der Waals surface area (Å²) in [5, 5.41) is 0. The van der Waals surface area contributed by atoms with Gasteiger partial charge in [0.05, 0.1) is 19.4 Å². The molecule has 0 radical (unpaired) electrons. The van der Waals surface area contributed by atoms with Gasteiger partial charge >= 0.3 is 6.09 Å². The summed E-state index contributed by atoms with van der Waals surface area (Å²) in [4.78, 5) is 13.5. The summed E-state index contributed by atoms with van der Waals surface area (Å²) in [6, 6.07) is 0. The number of hydrogen-bond donors (Lipinski definition) is 0. The van der Waals surface area contributed by atoms with Crippen molar-refractivity contribution in [3.63, 3.8) is 0 Å². The molecule has 1 saturated heterocycles. The van der Waals surface area contributed by atoms with Crippen molar-refractivity contribution < 1.29 is 27.2 Å². The summed E-state index contributed by atoms with van der Waals surface area (Å²) in [6.45, 7) is 10.0. The summed E-state index contributed by atoms with van der Waals surface area (Å²) < 4.78 is 57.9. The molecule has 0 aromatic carbocycles. The second-order valence-electron chi connectivity index (χ2n) is 8.63. The molecule has 2 aliphatic rings. The van der Waals surface area contributed by atoms with Crippen molar-refractivity contribution in [2.45, 2.75) is 96.4 Å². The Hall–Kier alpha value is -0.520. The van der Waals surface area contributed by atoms with E-state index in [4.69, 9.17) is 22.4 Å². The highest BCUT2D eigenvalue weighted by atomic mass is 35.5. The zero-order valence-corrected chi connectivity index (χ0v) is 17.7. The summed E-state index contributed by atoms with van der Waals surface area (Å²) in [6.07, 6.45) is 5.77. The zero-order chi connectivity index (χ0) is 24.1. The maximum Gasteiger partial charge on any atom is 0.410 e. The number of carbonyl (C=O) groups is 1. The largest absolute Gasteiger partial charge is 0.444 e. The summed E-state index contributed by atoms with van der Waals surface area (Å²) in [5.41, 5.74) is -1.62. The highest BCUT2D eigenvalue weighted by Gasteiger charge is 2.33. The van der Waals surface area contributed by atoms with Crippen LogP contribution in [0.15, 0.2) is 0 Å². The fourth-order valence-electron chi connectivity index (χ4n) is 2.99. The van der Waals surface area contributed by atoms with Crippen molar-refractivity contribution in [2.24, 2.45) is 0 Å². The van der Waals surface area contributed by atoms with E-state index in [1.54, 1.807) is 11.8 Å². The van der Waals surface area contributed by atoms with Crippen LogP contribution >= 0.6 is 12.4 Å². The molecule has 2 fully saturated rings. The van der Waals surface area contributed by atoms with Crippen LogP contribution in [0.5, 0.6) is 0 Å². The Balaban J connectivity index is 0.000000639. The number of methoxy groups -OCH3 is 2. The molecule has 0 unspecified atom stereocenters. The van der Waals surface area contributed by atoms with Gasteiger partial charge in [-0.25, -0.2) is 4.79 Å². The Labute approximate surface area is 175 Å². The molecule has 6 heteroatoms. The van der Waals surface area contributed by atoms with Crippen LogP contribution < -0.4 is 0 Å². The maximum absolute atomic E-state index is 11.9. The molecular weight excluding hydrogens is 354 g/mol. The van der Waals surface area contributed by atoms with E-state index in [-0.39, 0.29) is 18.5 Å². The first-order valence-corrected chi connectivity index (χ1v) is 9.20. The third-order valence-corrected chi connectivity index (χ3v) is 4.88. The minimum absolute atomic E-state index is 0. The lowest BCUT2D eigenvalue weighted by Crippen LogP contribution is -2.47. The monoisotopic (exact) mass is 399 g/mol. The van der Waals surface area contributed by atoms with Gasteiger partial charge in [0.2, 0.25) is 0 Å². The lowest BCUT2D eigenvalue weighted by atomic mass is 9.86. The van der Waals surface area contributed by atoms with Gasteiger partial charge in [0.25, 0.3) is 0 Å². The van der Waals surface area contributed by atoms with Gasteiger partial charge in [0.15, 0.2) is 0 Å². The Bertz CT molecular complexity index is 578. The van der Waals surface area contributed by atoms with Crippen LogP contribution in [-0.4, -0.2) is 55.0 Å². The molecule has 2 rings (SSSR count). The van der Waals surface area contributed by atoms with Crippen LogP contribution in [0.1, 0.15) is 87.8 Å². The Morgan fingerprint density at radius 1 is 0.923 bits per heavy atom. The fraction of sp³-hybridized carbons (Fsp3) is 0.950. The number of ether oxygens (including phenoxy) is 3. The van der Waals surface area contributed by atoms with E-state index in [0.717, 1.165) is 25.7 Å². The van der Waals surface area contributed by atoms with Crippen molar-refractivity contribution in [1.29, 1.82) is 0 Å². The number of nitrogens with zero attached hydrogens (tertiary/aromatic N) is 1. The molecule has 0 N–H and O–H groups in total. The predicted molar refractivity (Wildman–Crippen MR) is 108 cm³/mol. The second kappa shape index (κ2) is 10.7. The molecule has 1 amide bonds. The molecule has 1 saturated carbocycles. The van der Waals surface area contributed by atoms with Crippen molar-refractivity contribution in [1.82, 2.24) is 4.90 Å². The topological polar surface area (TPSA) is 48.0 Å². The van der Waals surface area contributed by atoms with Crippen LogP contribution in [-0.2, 0) is 14.2 Å². The van der Waals surface area contributed by atoms with Crippen LogP contribution in [0.25, 0.3) is 0 Å². The average molecular weight is 400 g/mol. The van der Waals surface area contributed by atoms with Crippen molar-refractivity contribution in [3.05, 3.63) is 0 Å². The number of carbonyl (C=O) groups excluding carboxylic acids is 1. The molecule has 0 aromatic rings. The third kappa shape index (κ3) is 8.92. The third-order valence-electron chi connectivity index (χ3n) is 4.88. The molecule has 0 aromatic heterocycles. The highest BCUT2D eigenvalue weighted by molar-refractivity contribution is 5.85. The standard InChI is InChI=1S/C12H23NO3.C8H16O.ClH/c1-11(2,3)16-10(14)13-8-6-12(4,15-5)7-9-13;1-8(9-2)6-4-3-5-7-8;/h6-9H2,1-5H3;3-7H2,1-2H3;1H/i5D3;2D3;. The fourth-order valence-corrected chi connectivity index (χ4v) is 2.99. The summed E-state index contributed by atoms with van der Waals surface area (Å²) in [5.74, 6) is 0. The molecule has 0 spiro atoms. The summed E-state index contributed by atoms with van der Waals surface area (Å²) in [7, 11) is -4.63. The molecule has 26 heavy (non-hydrogen) atoms. The Morgan fingerprint density at radius 3 is 1.81 bits per heavy atom. The van der Waals surface area contributed by atoms with E-state index in [9.17, 15) is 4.79 Å². The average Bonchev–Trinajstić information content (AvgIpc) is 2.50. The first-order valence-electron chi connectivity index (χ1n) is 12.2. The number of halogens is 1.